The Hall–Kier alpha value is -3.08. The Morgan fingerprint density at radius 1 is 1.20 bits per heavy atom. The number of para-hydroxylation sites is 1. The normalized spacial score (nSPS) is 17.2. The number of nitrogens with zero attached hydrogens (tertiary/aromatic N) is 2. The van der Waals surface area contributed by atoms with E-state index in [2.05, 4.69) is 40.1 Å². The molecule has 1 aliphatic heterocycles. The van der Waals surface area contributed by atoms with E-state index < -0.39 is 0 Å². The van der Waals surface area contributed by atoms with Crippen LogP contribution in [0.3, 0.4) is 0 Å². The molecular formula is C20H18N4O. The van der Waals surface area contributed by atoms with Crippen LogP contribution in [-0.2, 0) is 6.42 Å². The molecule has 5 rings (SSSR count). The van der Waals surface area contributed by atoms with E-state index in [4.69, 9.17) is 0 Å². The first kappa shape index (κ1) is 14.3. The molecule has 0 unspecified atom stereocenters. The number of aromatic nitrogens is 3. The highest BCUT2D eigenvalue weighted by molar-refractivity contribution is 5.98. The second kappa shape index (κ2) is 5.21. The summed E-state index contributed by atoms with van der Waals surface area (Å²) in [5, 5.41) is 1.27. The number of H-pyrrole nitrogens is 2. The van der Waals surface area contributed by atoms with Crippen molar-refractivity contribution in [3.8, 4) is 0 Å². The Morgan fingerprint density at radius 3 is 3.00 bits per heavy atom. The molecule has 25 heavy (non-hydrogen) atoms. The van der Waals surface area contributed by atoms with Crippen LogP contribution in [0.1, 0.15) is 34.6 Å². The lowest BCUT2D eigenvalue weighted by atomic mass is 9.97. The van der Waals surface area contributed by atoms with Crippen molar-refractivity contribution < 1.29 is 4.79 Å². The fourth-order valence-electron chi connectivity index (χ4n) is 3.94. The Balaban J connectivity index is 1.53. The molecule has 2 aromatic carbocycles. The third kappa shape index (κ3) is 2.09. The quantitative estimate of drug-likeness (QED) is 0.557. The summed E-state index contributed by atoms with van der Waals surface area (Å²) < 4.78 is 0. The van der Waals surface area contributed by atoms with Gasteiger partial charge in [0.1, 0.15) is 0 Å². The summed E-state index contributed by atoms with van der Waals surface area (Å²) in [5.41, 5.74) is 6.11. The van der Waals surface area contributed by atoms with Gasteiger partial charge in [0.15, 0.2) is 0 Å². The van der Waals surface area contributed by atoms with Crippen molar-refractivity contribution in [2.24, 2.45) is 0 Å². The summed E-state index contributed by atoms with van der Waals surface area (Å²) >= 11 is 0. The molecule has 0 saturated carbocycles. The van der Waals surface area contributed by atoms with Gasteiger partial charge in [-0.05, 0) is 43.2 Å². The number of fused-ring (bicyclic) bond motifs is 4. The highest BCUT2D eigenvalue weighted by Gasteiger charge is 2.30. The van der Waals surface area contributed by atoms with E-state index in [9.17, 15) is 4.79 Å². The smallest absolute Gasteiger partial charge is 0.254 e. The highest BCUT2D eigenvalue weighted by Crippen LogP contribution is 2.35. The lowest BCUT2D eigenvalue weighted by Crippen LogP contribution is -2.38. The number of rotatable bonds is 1. The second-order valence-electron chi connectivity index (χ2n) is 6.62. The predicted molar refractivity (Wildman–Crippen MR) is 97.5 cm³/mol. The molecule has 5 heteroatoms. The lowest BCUT2D eigenvalue weighted by molar-refractivity contribution is 0.0675. The number of benzene rings is 2. The van der Waals surface area contributed by atoms with Crippen LogP contribution in [0, 0.1) is 0 Å². The maximum Gasteiger partial charge on any atom is 0.254 e. The van der Waals surface area contributed by atoms with E-state index in [-0.39, 0.29) is 11.9 Å². The summed E-state index contributed by atoms with van der Waals surface area (Å²) in [7, 11) is 0. The molecule has 0 radical (unpaired) electrons. The monoisotopic (exact) mass is 330 g/mol. The van der Waals surface area contributed by atoms with Crippen LogP contribution in [0.4, 0.5) is 0 Å². The maximum absolute atomic E-state index is 13.1. The van der Waals surface area contributed by atoms with Crippen LogP contribution >= 0.6 is 0 Å². The van der Waals surface area contributed by atoms with Gasteiger partial charge in [0, 0.05) is 28.7 Å². The molecule has 2 aromatic heterocycles. The van der Waals surface area contributed by atoms with E-state index in [1.165, 1.54) is 10.9 Å². The first-order valence-electron chi connectivity index (χ1n) is 8.56. The van der Waals surface area contributed by atoms with Crippen LogP contribution < -0.4 is 0 Å². The van der Waals surface area contributed by atoms with E-state index >= 15 is 0 Å². The van der Waals surface area contributed by atoms with Gasteiger partial charge in [-0.15, -0.1) is 0 Å². The number of carbonyl (C=O) groups is 1. The largest absolute Gasteiger partial charge is 0.356 e. The van der Waals surface area contributed by atoms with Crippen molar-refractivity contribution in [3.63, 3.8) is 0 Å². The molecule has 4 aromatic rings. The zero-order valence-electron chi connectivity index (χ0n) is 13.9. The summed E-state index contributed by atoms with van der Waals surface area (Å²) in [6.07, 6.45) is 2.53. The van der Waals surface area contributed by atoms with Gasteiger partial charge in [-0.2, -0.15) is 0 Å². The number of nitrogens with one attached hydrogen (secondary N) is 2. The van der Waals surface area contributed by atoms with Crippen molar-refractivity contribution in [2.45, 2.75) is 19.4 Å². The van der Waals surface area contributed by atoms with E-state index in [0.29, 0.717) is 5.56 Å². The minimum absolute atomic E-state index is 0.0288. The van der Waals surface area contributed by atoms with Crippen LogP contribution in [-0.4, -0.2) is 32.3 Å². The van der Waals surface area contributed by atoms with E-state index in [0.717, 1.165) is 35.2 Å². The van der Waals surface area contributed by atoms with Crippen molar-refractivity contribution >= 4 is 27.8 Å². The molecule has 3 heterocycles. The highest BCUT2D eigenvalue weighted by atomic mass is 16.2. The molecule has 0 spiro atoms. The number of hydrogen-bond donors (Lipinski definition) is 2. The predicted octanol–water partition coefficient (Wildman–Crippen LogP) is 3.80. The molecule has 1 amide bonds. The minimum Gasteiger partial charge on any atom is -0.356 e. The standard InChI is InChI=1S/C20H18N4O/c1-12-19-15(14-4-2-3-5-16(14)23-19)8-9-24(12)20(25)13-6-7-17-18(10-13)22-11-21-17/h2-7,10-12,23H,8-9H2,1H3,(H,21,22)/t12-/m1/s1. The van der Waals surface area contributed by atoms with Gasteiger partial charge >= 0.3 is 0 Å². The number of aromatic amines is 2. The number of hydrogen-bond acceptors (Lipinski definition) is 2. The molecule has 124 valence electrons. The third-order valence-electron chi connectivity index (χ3n) is 5.26. The van der Waals surface area contributed by atoms with Gasteiger partial charge in [0.2, 0.25) is 0 Å². The number of amides is 1. The van der Waals surface area contributed by atoms with E-state index in [1.54, 1.807) is 6.33 Å². The lowest BCUT2D eigenvalue weighted by Gasteiger charge is -2.33. The summed E-state index contributed by atoms with van der Waals surface area (Å²) in [6.45, 7) is 2.83. The van der Waals surface area contributed by atoms with Gasteiger partial charge in [-0.3, -0.25) is 4.79 Å². The van der Waals surface area contributed by atoms with Crippen LogP contribution in [0.5, 0.6) is 0 Å². The van der Waals surface area contributed by atoms with Crippen molar-refractivity contribution in [1.82, 2.24) is 19.9 Å². The topological polar surface area (TPSA) is 64.8 Å². The average molecular weight is 330 g/mol. The maximum atomic E-state index is 13.1. The summed E-state index contributed by atoms with van der Waals surface area (Å²) in [4.78, 5) is 25.8. The van der Waals surface area contributed by atoms with Gasteiger partial charge in [0.25, 0.3) is 5.91 Å². The Labute approximate surface area is 144 Å². The molecular weight excluding hydrogens is 312 g/mol. The number of imidazole rings is 1. The zero-order chi connectivity index (χ0) is 17.0. The summed E-state index contributed by atoms with van der Waals surface area (Å²) in [5.74, 6) is 0.0632. The summed E-state index contributed by atoms with van der Waals surface area (Å²) in [6, 6.07) is 14.0. The fraction of sp³-hybridized carbons (Fsp3) is 0.200. The molecule has 0 bridgehead atoms. The Morgan fingerprint density at radius 2 is 2.08 bits per heavy atom. The Bertz CT molecular complexity index is 1110. The molecule has 1 aliphatic rings. The first-order chi connectivity index (χ1) is 12.2. The van der Waals surface area contributed by atoms with Crippen molar-refractivity contribution in [2.75, 3.05) is 6.54 Å². The molecule has 0 aliphatic carbocycles. The van der Waals surface area contributed by atoms with Crippen LogP contribution in [0.25, 0.3) is 21.9 Å². The second-order valence-corrected chi connectivity index (χ2v) is 6.62. The van der Waals surface area contributed by atoms with Gasteiger partial charge in [-0.25, -0.2) is 4.98 Å². The Kier molecular flexibility index (Phi) is 2.98. The zero-order valence-corrected chi connectivity index (χ0v) is 13.9. The SMILES string of the molecule is C[C@@H]1c2[nH]c3ccccc3c2CCN1C(=O)c1ccc2nc[nH]c2c1. The van der Waals surface area contributed by atoms with Crippen molar-refractivity contribution in [1.29, 1.82) is 0 Å². The van der Waals surface area contributed by atoms with E-state index in [1.807, 2.05) is 29.2 Å². The van der Waals surface area contributed by atoms with Gasteiger partial charge in [-0.1, -0.05) is 18.2 Å². The van der Waals surface area contributed by atoms with Crippen LogP contribution in [0.15, 0.2) is 48.8 Å². The average Bonchev–Trinajstić information content (AvgIpc) is 3.25. The molecule has 0 fully saturated rings. The third-order valence-corrected chi connectivity index (χ3v) is 5.26. The molecule has 1 atom stereocenters. The van der Waals surface area contributed by atoms with Crippen LogP contribution in [0.2, 0.25) is 0 Å². The molecule has 5 nitrogen and oxygen atoms in total. The van der Waals surface area contributed by atoms with Gasteiger partial charge in [0.05, 0.1) is 23.4 Å². The molecule has 0 saturated heterocycles. The minimum atomic E-state index is 0.0288. The number of carbonyl (C=O) groups excluding carboxylic acids is 1. The van der Waals surface area contributed by atoms with Gasteiger partial charge < -0.3 is 14.9 Å². The fourth-order valence-corrected chi connectivity index (χ4v) is 3.94. The molecule has 2 N–H and O–H groups in total. The van der Waals surface area contributed by atoms with Crippen molar-refractivity contribution in [3.05, 3.63) is 65.6 Å². The first-order valence-corrected chi connectivity index (χ1v) is 8.56.